The molecule has 3 heteroatoms. The smallest absolute Gasteiger partial charge is 0.180 e. The zero-order valence-corrected chi connectivity index (χ0v) is 8.39. The Bertz CT molecular complexity index is 308. The van der Waals surface area contributed by atoms with E-state index in [4.69, 9.17) is 5.73 Å². The fourth-order valence-electron chi connectivity index (χ4n) is 2.88. The van der Waals surface area contributed by atoms with E-state index in [2.05, 4.69) is 10.4 Å². The molecule has 1 aromatic rings. The molecule has 2 N–H and O–H groups in total. The number of anilines is 1. The maximum atomic E-state index is 5.64. The summed E-state index contributed by atoms with van der Waals surface area (Å²) in [7, 11) is 0. The molecule has 2 atom stereocenters. The van der Waals surface area contributed by atoms with E-state index in [1.54, 1.807) is 11.3 Å². The third-order valence-corrected chi connectivity index (χ3v) is 4.23. The third kappa shape index (κ3) is 1.17. The lowest BCUT2D eigenvalue weighted by atomic mass is 10.0. The Morgan fingerprint density at radius 2 is 2.00 bits per heavy atom. The summed E-state index contributed by atoms with van der Waals surface area (Å²) in [6.45, 7) is 0. The van der Waals surface area contributed by atoms with Crippen molar-refractivity contribution in [2.75, 3.05) is 5.73 Å². The van der Waals surface area contributed by atoms with Gasteiger partial charge in [-0.3, -0.25) is 0 Å². The van der Waals surface area contributed by atoms with Crippen LogP contribution in [0.5, 0.6) is 0 Å². The molecule has 0 aromatic carbocycles. The number of aromatic nitrogens is 1. The zero-order chi connectivity index (χ0) is 8.84. The van der Waals surface area contributed by atoms with Crippen LogP contribution in [-0.4, -0.2) is 4.98 Å². The normalized spacial score (nSPS) is 37.1. The van der Waals surface area contributed by atoms with E-state index < -0.39 is 0 Å². The summed E-state index contributed by atoms with van der Waals surface area (Å²) in [4.78, 5) is 4.39. The molecular formula is C10H14N2S. The Morgan fingerprint density at radius 3 is 2.54 bits per heavy atom. The first-order valence-corrected chi connectivity index (χ1v) is 5.95. The highest BCUT2D eigenvalue weighted by Gasteiger charge is 2.52. The number of hydrogen-bond donors (Lipinski definition) is 1. The van der Waals surface area contributed by atoms with Crippen molar-refractivity contribution < 1.29 is 0 Å². The van der Waals surface area contributed by atoms with Crippen molar-refractivity contribution >= 4 is 16.5 Å². The van der Waals surface area contributed by atoms with Gasteiger partial charge in [0.1, 0.15) is 0 Å². The van der Waals surface area contributed by atoms with E-state index in [9.17, 15) is 0 Å². The molecule has 2 unspecified atom stereocenters. The first kappa shape index (κ1) is 7.80. The second kappa shape index (κ2) is 2.71. The Morgan fingerprint density at radius 1 is 1.31 bits per heavy atom. The zero-order valence-electron chi connectivity index (χ0n) is 7.57. The molecule has 3 rings (SSSR count). The summed E-state index contributed by atoms with van der Waals surface area (Å²) >= 11 is 1.58. The van der Waals surface area contributed by atoms with E-state index >= 15 is 0 Å². The summed E-state index contributed by atoms with van der Waals surface area (Å²) in [5.41, 5.74) is 6.92. The van der Waals surface area contributed by atoms with Gasteiger partial charge in [-0.15, -0.1) is 11.3 Å². The van der Waals surface area contributed by atoms with Gasteiger partial charge in [0.05, 0.1) is 5.69 Å². The number of nitrogens with two attached hydrogens (primary N) is 1. The van der Waals surface area contributed by atoms with Crippen LogP contribution in [0, 0.1) is 11.8 Å². The van der Waals surface area contributed by atoms with E-state index in [-0.39, 0.29) is 0 Å². The first-order chi connectivity index (χ1) is 6.36. The first-order valence-electron chi connectivity index (χ1n) is 5.07. The molecule has 0 amide bonds. The van der Waals surface area contributed by atoms with Gasteiger partial charge in [0.15, 0.2) is 5.13 Å². The average Bonchev–Trinajstić information content (AvgIpc) is 2.73. The Labute approximate surface area is 82.2 Å². The molecule has 0 bridgehead atoms. The molecule has 2 aliphatic rings. The maximum Gasteiger partial charge on any atom is 0.180 e. The third-order valence-electron chi connectivity index (χ3n) is 3.54. The number of nitrogen functional groups attached to an aromatic ring is 1. The summed E-state index contributed by atoms with van der Waals surface area (Å²) in [5.74, 6) is 2.68. The molecule has 0 aliphatic heterocycles. The fourth-order valence-corrected chi connectivity index (χ4v) is 3.49. The molecule has 13 heavy (non-hydrogen) atoms. The largest absolute Gasteiger partial charge is 0.375 e. The number of fused-ring (bicyclic) bond motifs is 1. The summed E-state index contributed by atoms with van der Waals surface area (Å²) in [6.07, 6.45) is 5.70. The van der Waals surface area contributed by atoms with Crippen LogP contribution < -0.4 is 5.73 Å². The lowest BCUT2D eigenvalue weighted by molar-refractivity contribution is 0.480. The Hall–Kier alpha value is -0.570. The minimum absolute atomic E-state index is 0.735. The lowest BCUT2D eigenvalue weighted by Crippen LogP contribution is -1.91. The monoisotopic (exact) mass is 194 g/mol. The minimum Gasteiger partial charge on any atom is -0.375 e. The SMILES string of the molecule is Nc1nc(C2C3CCCCC32)cs1. The standard InChI is InChI=1S/C10H14N2S/c11-10-12-8(5-13-10)9-6-3-1-2-4-7(6)9/h5-7,9H,1-4H2,(H2,11,12). The van der Waals surface area contributed by atoms with Gasteiger partial charge in [0.2, 0.25) is 0 Å². The van der Waals surface area contributed by atoms with Gasteiger partial charge in [0, 0.05) is 11.3 Å². The quantitative estimate of drug-likeness (QED) is 0.746. The number of hydrogen-bond acceptors (Lipinski definition) is 3. The van der Waals surface area contributed by atoms with Gasteiger partial charge in [-0.25, -0.2) is 4.98 Å². The lowest BCUT2D eigenvalue weighted by Gasteiger charge is -2.04. The highest BCUT2D eigenvalue weighted by Crippen LogP contribution is 2.61. The van der Waals surface area contributed by atoms with Crippen LogP contribution in [0.2, 0.25) is 0 Å². The van der Waals surface area contributed by atoms with E-state index in [1.807, 2.05) is 0 Å². The Kier molecular flexibility index (Phi) is 1.62. The van der Waals surface area contributed by atoms with Crippen molar-refractivity contribution in [3.8, 4) is 0 Å². The van der Waals surface area contributed by atoms with Gasteiger partial charge in [-0.1, -0.05) is 12.8 Å². The van der Waals surface area contributed by atoms with Crippen molar-refractivity contribution in [2.24, 2.45) is 11.8 Å². The predicted molar refractivity (Wildman–Crippen MR) is 54.7 cm³/mol. The molecular weight excluding hydrogens is 180 g/mol. The van der Waals surface area contributed by atoms with Crippen LogP contribution in [0.25, 0.3) is 0 Å². The molecule has 2 nitrogen and oxygen atoms in total. The van der Waals surface area contributed by atoms with Crippen molar-refractivity contribution in [2.45, 2.75) is 31.6 Å². The molecule has 2 saturated carbocycles. The molecule has 70 valence electrons. The van der Waals surface area contributed by atoms with Crippen LogP contribution in [0.4, 0.5) is 5.13 Å². The minimum atomic E-state index is 0.735. The molecule has 2 fully saturated rings. The molecule has 0 saturated heterocycles. The van der Waals surface area contributed by atoms with Gasteiger partial charge in [-0.05, 0) is 24.7 Å². The van der Waals surface area contributed by atoms with Gasteiger partial charge < -0.3 is 5.73 Å². The van der Waals surface area contributed by atoms with Crippen LogP contribution in [0.1, 0.15) is 37.3 Å². The van der Waals surface area contributed by atoms with Gasteiger partial charge >= 0.3 is 0 Å². The molecule has 1 aromatic heterocycles. The average molecular weight is 194 g/mol. The molecule has 0 radical (unpaired) electrons. The fraction of sp³-hybridized carbons (Fsp3) is 0.700. The van der Waals surface area contributed by atoms with Gasteiger partial charge in [0.25, 0.3) is 0 Å². The van der Waals surface area contributed by atoms with Crippen molar-refractivity contribution in [1.29, 1.82) is 0 Å². The van der Waals surface area contributed by atoms with E-state index in [0.717, 1.165) is 22.9 Å². The second-order valence-corrected chi connectivity index (χ2v) is 5.14. The highest BCUT2D eigenvalue weighted by atomic mass is 32.1. The molecule has 1 heterocycles. The van der Waals surface area contributed by atoms with Crippen LogP contribution in [0.3, 0.4) is 0 Å². The van der Waals surface area contributed by atoms with E-state index in [0.29, 0.717) is 0 Å². The number of thiazole rings is 1. The van der Waals surface area contributed by atoms with Crippen LogP contribution >= 0.6 is 11.3 Å². The Balaban J connectivity index is 1.81. The summed E-state index contributed by atoms with van der Waals surface area (Å²) in [6, 6.07) is 0. The molecule has 0 spiro atoms. The maximum absolute atomic E-state index is 5.64. The number of rotatable bonds is 1. The van der Waals surface area contributed by atoms with Crippen molar-refractivity contribution in [1.82, 2.24) is 4.98 Å². The second-order valence-electron chi connectivity index (χ2n) is 4.25. The van der Waals surface area contributed by atoms with Crippen molar-refractivity contribution in [3.63, 3.8) is 0 Å². The predicted octanol–water partition coefficient (Wildman–Crippen LogP) is 2.63. The summed E-state index contributed by atoms with van der Waals surface area (Å²) < 4.78 is 0. The van der Waals surface area contributed by atoms with Crippen LogP contribution in [0.15, 0.2) is 5.38 Å². The van der Waals surface area contributed by atoms with Crippen molar-refractivity contribution in [3.05, 3.63) is 11.1 Å². The van der Waals surface area contributed by atoms with E-state index in [1.165, 1.54) is 31.4 Å². The number of nitrogens with zero attached hydrogens (tertiary/aromatic N) is 1. The molecule has 2 aliphatic carbocycles. The van der Waals surface area contributed by atoms with Gasteiger partial charge in [-0.2, -0.15) is 0 Å². The topological polar surface area (TPSA) is 38.9 Å². The van der Waals surface area contributed by atoms with Crippen LogP contribution in [-0.2, 0) is 0 Å². The highest BCUT2D eigenvalue weighted by molar-refractivity contribution is 7.13. The summed E-state index contributed by atoms with van der Waals surface area (Å²) in [5, 5.41) is 2.89.